The van der Waals surface area contributed by atoms with Gasteiger partial charge in [-0.2, -0.15) is 4.99 Å². The van der Waals surface area contributed by atoms with E-state index in [4.69, 9.17) is 9.47 Å². The standard InChI is InChI=1S/C19H21FN4O4S.ClH/c20-14-4-3-13(15(12-14)28-19(26)23-7-9-27-10-8-23)11-16-17(25)22-18(29-16)24-6-2-1-5-21-24;/h3-4,11-12,21H,1-2,5-10H2;1H/b16-11+;. The number of aliphatic imine (C=N–C) groups is 1. The molecule has 2 amide bonds. The highest BCUT2D eigenvalue weighted by Crippen LogP contribution is 2.33. The Morgan fingerprint density at radius 3 is 2.80 bits per heavy atom. The smallest absolute Gasteiger partial charge is 0.409 e. The Labute approximate surface area is 183 Å². The monoisotopic (exact) mass is 456 g/mol. The first kappa shape index (κ1) is 22.5. The maximum absolute atomic E-state index is 13.8. The summed E-state index contributed by atoms with van der Waals surface area (Å²) in [5.74, 6) is -0.837. The molecule has 3 aliphatic rings. The maximum Gasteiger partial charge on any atom is 0.415 e. The largest absolute Gasteiger partial charge is 0.415 e. The first-order chi connectivity index (χ1) is 14.1. The molecular weight excluding hydrogens is 435 g/mol. The summed E-state index contributed by atoms with van der Waals surface area (Å²) in [6, 6.07) is 3.88. The van der Waals surface area contributed by atoms with Crippen LogP contribution in [0.5, 0.6) is 5.75 Å². The van der Waals surface area contributed by atoms with Crippen LogP contribution in [0.3, 0.4) is 0 Å². The van der Waals surface area contributed by atoms with E-state index in [0.29, 0.717) is 41.9 Å². The van der Waals surface area contributed by atoms with E-state index in [1.54, 1.807) is 6.08 Å². The van der Waals surface area contributed by atoms with Crippen molar-refractivity contribution in [3.8, 4) is 5.75 Å². The number of hydrazine groups is 1. The number of halogens is 2. The quantitative estimate of drug-likeness (QED) is 0.685. The number of rotatable bonds is 2. The molecule has 3 heterocycles. The van der Waals surface area contributed by atoms with Crippen molar-refractivity contribution in [1.82, 2.24) is 15.3 Å². The van der Waals surface area contributed by atoms with Crippen LogP contribution < -0.4 is 10.2 Å². The van der Waals surface area contributed by atoms with Gasteiger partial charge in [-0.05, 0) is 42.8 Å². The Hall–Kier alpha value is -2.14. The molecule has 0 saturated carbocycles. The van der Waals surface area contributed by atoms with Crippen LogP contribution in [0.25, 0.3) is 6.08 Å². The van der Waals surface area contributed by atoms with Gasteiger partial charge in [0.15, 0.2) is 5.17 Å². The van der Waals surface area contributed by atoms with E-state index in [-0.39, 0.29) is 24.1 Å². The van der Waals surface area contributed by atoms with Gasteiger partial charge in [0.1, 0.15) is 11.6 Å². The van der Waals surface area contributed by atoms with Crippen LogP contribution in [0, 0.1) is 5.82 Å². The summed E-state index contributed by atoms with van der Waals surface area (Å²) in [7, 11) is 0. The second-order valence-electron chi connectivity index (χ2n) is 6.73. The molecule has 0 aliphatic carbocycles. The van der Waals surface area contributed by atoms with Crippen molar-refractivity contribution < 1.29 is 23.5 Å². The van der Waals surface area contributed by atoms with Gasteiger partial charge in [-0.15, -0.1) is 12.4 Å². The number of morpholine rings is 1. The molecule has 162 valence electrons. The zero-order valence-corrected chi connectivity index (χ0v) is 17.8. The lowest BCUT2D eigenvalue weighted by molar-refractivity contribution is -0.113. The van der Waals surface area contributed by atoms with Crippen molar-refractivity contribution in [3.63, 3.8) is 0 Å². The highest BCUT2D eigenvalue weighted by atomic mass is 35.5. The topological polar surface area (TPSA) is 83.5 Å². The Morgan fingerprint density at radius 2 is 2.07 bits per heavy atom. The third kappa shape index (κ3) is 5.31. The van der Waals surface area contributed by atoms with E-state index in [9.17, 15) is 14.0 Å². The van der Waals surface area contributed by atoms with Gasteiger partial charge in [0.2, 0.25) is 0 Å². The van der Waals surface area contributed by atoms with E-state index >= 15 is 0 Å². The minimum atomic E-state index is -0.571. The fourth-order valence-electron chi connectivity index (χ4n) is 3.13. The molecule has 0 bridgehead atoms. The average molecular weight is 457 g/mol. The van der Waals surface area contributed by atoms with Crippen molar-refractivity contribution in [2.75, 3.05) is 39.4 Å². The van der Waals surface area contributed by atoms with Gasteiger partial charge in [-0.25, -0.2) is 14.6 Å². The van der Waals surface area contributed by atoms with Crippen LogP contribution in [0.1, 0.15) is 18.4 Å². The number of carbonyl (C=O) groups is 2. The third-order valence-corrected chi connectivity index (χ3v) is 5.69. The molecule has 2 saturated heterocycles. The Bertz CT molecular complexity index is 870. The van der Waals surface area contributed by atoms with Crippen molar-refractivity contribution in [2.45, 2.75) is 12.8 Å². The Kier molecular flexibility index (Phi) is 7.70. The number of nitrogens with one attached hydrogen (secondary N) is 1. The minimum Gasteiger partial charge on any atom is -0.409 e. The second-order valence-corrected chi connectivity index (χ2v) is 7.74. The molecule has 0 spiro atoms. The van der Waals surface area contributed by atoms with E-state index in [0.717, 1.165) is 32.0 Å². The predicted molar refractivity (Wildman–Crippen MR) is 114 cm³/mol. The molecule has 3 aliphatic heterocycles. The molecular formula is C19H22ClFN4O4S. The highest BCUT2D eigenvalue weighted by Gasteiger charge is 2.28. The number of hydrogen-bond donors (Lipinski definition) is 1. The number of carbonyl (C=O) groups excluding carboxylic acids is 2. The summed E-state index contributed by atoms with van der Waals surface area (Å²) in [5, 5.41) is 2.46. The molecule has 0 unspecified atom stereocenters. The number of hydrogen-bond acceptors (Lipinski definition) is 7. The molecule has 8 nitrogen and oxygen atoms in total. The van der Waals surface area contributed by atoms with Gasteiger partial charge >= 0.3 is 6.09 Å². The summed E-state index contributed by atoms with van der Waals surface area (Å²) in [5.41, 5.74) is 3.65. The molecule has 1 N–H and O–H groups in total. The van der Waals surface area contributed by atoms with Gasteiger partial charge in [-0.3, -0.25) is 9.80 Å². The van der Waals surface area contributed by atoms with Crippen LogP contribution in [0.2, 0.25) is 0 Å². The summed E-state index contributed by atoms with van der Waals surface area (Å²) < 4.78 is 24.4. The molecule has 30 heavy (non-hydrogen) atoms. The molecule has 2 fully saturated rings. The van der Waals surface area contributed by atoms with Crippen LogP contribution in [0.15, 0.2) is 28.1 Å². The predicted octanol–water partition coefficient (Wildman–Crippen LogP) is 2.65. The number of amides is 2. The molecule has 11 heteroatoms. The van der Waals surface area contributed by atoms with Gasteiger partial charge in [0, 0.05) is 37.8 Å². The lowest BCUT2D eigenvalue weighted by Gasteiger charge is -2.28. The van der Waals surface area contributed by atoms with Crippen LogP contribution in [0.4, 0.5) is 9.18 Å². The first-order valence-electron chi connectivity index (χ1n) is 9.48. The highest BCUT2D eigenvalue weighted by molar-refractivity contribution is 8.18. The molecule has 0 radical (unpaired) electrons. The van der Waals surface area contributed by atoms with E-state index in [2.05, 4.69) is 10.4 Å². The number of amidine groups is 1. The molecule has 4 rings (SSSR count). The summed E-state index contributed by atoms with van der Waals surface area (Å²) in [4.78, 5) is 30.7. The average Bonchev–Trinajstić information content (AvgIpc) is 3.11. The SMILES string of the molecule is Cl.O=C1N=C(N2CCCCN2)S/C1=C/c1ccc(F)cc1OC(=O)N1CCOCC1. The number of nitrogens with zero attached hydrogens (tertiary/aromatic N) is 3. The van der Waals surface area contributed by atoms with Crippen molar-refractivity contribution in [1.29, 1.82) is 0 Å². The van der Waals surface area contributed by atoms with Gasteiger partial charge in [-0.1, -0.05) is 0 Å². The molecule has 0 atom stereocenters. The maximum atomic E-state index is 13.8. The van der Waals surface area contributed by atoms with Crippen molar-refractivity contribution >= 4 is 47.4 Å². The Morgan fingerprint density at radius 1 is 1.27 bits per heavy atom. The van der Waals surface area contributed by atoms with E-state index in [1.165, 1.54) is 28.8 Å². The van der Waals surface area contributed by atoms with Crippen LogP contribution >= 0.6 is 24.2 Å². The summed E-state index contributed by atoms with van der Waals surface area (Å²) in [6.45, 7) is 3.32. The van der Waals surface area contributed by atoms with Crippen LogP contribution in [-0.4, -0.2) is 66.5 Å². The number of thioether (sulfide) groups is 1. The number of ether oxygens (including phenoxy) is 2. The zero-order chi connectivity index (χ0) is 20.2. The lowest BCUT2D eigenvalue weighted by Crippen LogP contribution is -2.45. The summed E-state index contributed by atoms with van der Waals surface area (Å²) in [6.07, 6.45) is 3.12. The van der Waals surface area contributed by atoms with Crippen LogP contribution in [-0.2, 0) is 9.53 Å². The Balaban J connectivity index is 0.00000256. The second kappa shape index (κ2) is 10.3. The fraction of sp³-hybridized carbons (Fsp3) is 0.421. The molecule has 1 aromatic carbocycles. The van der Waals surface area contributed by atoms with E-state index < -0.39 is 11.9 Å². The van der Waals surface area contributed by atoms with Crippen molar-refractivity contribution in [3.05, 3.63) is 34.5 Å². The third-order valence-electron chi connectivity index (χ3n) is 4.68. The molecule has 1 aromatic rings. The molecule has 0 aromatic heterocycles. The zero-order valence-electron chi connectivity index (χ0n) is 16.1. The lowest BCUT2D eigenvalue weighted by atomic mass is 10.2. The first-order valence-corrected chi connectivity index (χ1v) is 10.3. The fourth-order valence-corrected chi connectivity index (χ4v) is 4.04. The van der Waals surface area contributed by atoms with Gasteiger partial charge in [0.25, 0.3) is 5.91 Å². The normalized spacial score (nSPS) is 20.8. The summed E-state index contributed by atoms with van der Waals surface area (Å²) >= 11 is 1.24. The number of benzene rings is 1. The van der Waals surface area contributed by atoms with Crippen molar-refractivity contribution in [2.24, 2.45) is 4.99 Å². The van der Waals surface area contributed by atoms with Gasteiger partial charge < -0.3 is 14.4 Å². The van der Waals surface area contributed by atoms with Gasteiger partial charge in [0.05, 0.1) is 18.1 Å². The van der Waals surface area contributed by atoms with E-state index in [1.807, 2.05) is 5.01 Å². The minimum absolute atomic E-state index is 0.